The number of carbonyl (C=O) groups is 1. The molecule has 1 atom stereocenters. The zero-order valence-corrected chi connectivity index (χ0v) is 8.01. The zero-order valence-electron chi connectivity index (χ0n) is 8.01. The molecule has 0 rings (SSSR count). The third kappa shape index (κ3) is 3.86. The quantitative estimate of drug-likeness (QED) is 0.645. The molecule has 0 heterocycles. The van der Waals surface area contributed by atoms with Crippen LogP contribution in [0.4, 0.5) is 4.79 Å². The first-order chi connectivity index (χ1) is 4.95. The lowest BCUT2D eigenvalue weighted by Gasteiger charge is -2.20. The maximum absolute atomic E-state index is 11.1. The minimum atomic E-state index is -0.0220. The Hall–Kier alpha value is -0.730. The summed E-state index contributed by atoms with van der Waals surface area (Å²) in [6.45, 7) is 6.17. The van der Waals surface area contributed by atoms with E-state index in [2.05, 4.69) is 19.2 Å². The van der Waals surface area contributed by atoms with Crippen LogP contribution >= 0.6 is 0 Å². The normalized spacial score (nSPS) is 12.9. The van der Waals surface area contributed by atoms with Crippen molar-refractivity contribution >= 4 is 6.03 Å². The number of urea groups is 1. The highest BCUT2D eigenvalue weighted by molar-refractivity contribution is 5.73. The van der Waals surface area contributed by atoms with Crippen molar-refractivity contribution in [2.24, 2.45) is 5.92 Å². The molecule has 0 fully saturated rings. The molecule has 11 heavy (non-hydrogen) atoms. The first-order valence-electron chi connectivity index (χ1n) is 3.93. The van der Waals surface area contributed by atoms with E-state index in [1.165, 1.54) is 0 Å². The smallest absolute Gasteiger partial charge is 0.317 e. The highest BCUT2D eigenvalue weighted by Crippen LogP contribution is 1.99. The van der Waals surface area contributed by atoms with Crippen molar-refractivity contribution in [3.05, 3.63) is 0 Å². The average Bonchev–Trinajstić information content (AvgIpc) is 1.87. The lowest BCUT2D eigenvalue weighted by Crippen LogP contribution is -2.42. The van der Waals surface area contributed by atoms with Crippen molar-refractivity contribution in [2.45, 2.75) is 26.8 Å². The molecule has 0 radical (unpaired) electrons. The largest absolute Gasteiger partial charge is 0.335 e. The second-order valence-electron chi connectivity index (χ2n) is 3.38. The highest BCUT2D eigenvalue weighted by atomic mass is 16.2. The fraction of sp³-hybridized carbons (Fsp3) is 0.875. The molecular weight excluding hydrogens is 140 g/mol. The van der Waals surface area contributed by atoms with Gasteiger partial charge >= 0.3 is 6.03 Å². The van der Waals surface area contributed by atoms with E-state index < -0.39 is 0 Å². The minimum absolute atomic E-state index is 0.0220. The predicted octanol–water partition coefficient (Wildman–Crippen LogP) is 1.30. The fourth-order valence-electron chi connectivity index (χ4n) is 0.491. The maximum Gasteiger partial charge on any atom is 0.317 e. The molecule has 0 aliphatic carbocycles. The number of nitrogens with zero attached hydrogens (tertiary/aromatic N) is 1. The van der Waals surface area contributed by atoms with Crippen molar-refractivity contribution in [1.29, 1.82) is 0 Å². The first kappa shape index (κ1) is 10.3. The Morgan fingerprint density at radius 2 is 1.73 bits per heavy atom. The van der Waals surface area contributed by atoms with Crippen LogP contribution in [0.3, 0.4) is 0 Å². The van der Waals surface area contributed by atoms with Crippen molar-refractivity contribution in [2.75, 3.05) is 14.1 Å². The highest BCUT2D eigenvalue weighted by Gasteiger charge is 2.10. The van der Waals surface area contributed by atoms with Crippen LogP contribution in [-0.2, 0) is 0 Å². The fourth-order valence-corrected chi connectivity index (χ4v) is 0.491. The van der Waals surface area contributed by atoms with Gasteiger partial charge in [-0.1, -0.05) is 13.8 Å². The van der Waals surface area contributed by atoms with Crippen LogP contribution in [0.1, 0.15) is 20.8 Å². The monoisotopic (exact) mass is 158 g/mol. The first-order valence-corrected chi connectivity index (χ1v) is 3.93. The molecule has 1 unspecified atom stereocenters. The van der Waals surface area contributed by atoms with E-state index >= 15 is 0 Å². The van der Waals surface area contributed by atoms with Crippen LogP contribution in [-0.4, -0.2) is 31.1 Å². The summed E-state index contributed by atoms with van der Waals surface area (Å²) in [4.78, 5) is 12.6. The van der Waals surface area contributed by atoms with E-state index in [-0.39, 0.29) is 12.1 Å². The molecule has 0 aliphatic heterocycles. The summed E-state index contributed by atoms with van der Waals surface area (Å²) < 4.78 is 0. The number of nitrogens with one attached hydrogen (secondary N) is 1. The summed E-state index contributed by atoms with van der Waals surface area (Å²) in [5.74, 6) is 0.485. The molecule has 0 bridgehead atoms. The van der Waals surface area contributed by atoms with Crippen molar-refractivity contribution in [1.82, 2.24) is 10.2 Å². The Morgan fingerprint density at radius 3 is 2.00 bits per heavy atom. The molecule has 3 heteroatoms. The van der Waals surface area contributed by atoms with Crippen LogP contribution in [0.2, 0.25) is 0 Å². The number of rotatable bonds is 2. The van der Waals surface area contributed by atoms with Gasteiger partial charge in [0.1, 0.15) is 0 Å². The van der Waals surface area contributed by atoms with Crippen LogP contribution < -0.4 is 5.32 Å². The van der Waals surface area contributed by atoms with Gasteiger partial charge in [0.2, 0.25) is 0 Å². The Morgan fingerprint density at radius 1 is 1.27 bits per heavy atom. The van der Waals surface area contributed by atoms with Gasteiger partial charge in [0, 0.05) is 20.1 Å². The molecule has 0 aromatic rings. The van der Waals surface area contributed by atoms with Crippen LogP contribution in [0.15, 0.2) is 0 Å². The Bertz CT molecular complexity index is 132. The standard InChI is InChI=1S/C8H18N2O/c1-6(2)7(3)9-8(11)10(4)5/h6-7H,1-5H3,(H,9,11). The van der Waals surface area contributed by atoms with Crippen molar-refractivity contribution in [3.63, 3.8) is 0 Å². The van der Waals surface area contributed by atoms with Gasteiger partial charge in [0.15, 0.2) is 0 Å². The summed E-state index contributed by atoms with van der Waals surface area (Å²) in [6, 6.07) is 0.219. The summed E-state index contributed by atoms with van der Waals surface area (Å²) in [5, 5.41) is 2.87. The van der Waals surface area contributed by atoms with Crippen LogP contribution in [0.5, 0.6) is 0 Å². The van der Waals surface area contributed by atoms with Crippen LogP contribution in [0.25, 0.3) is 0 Å². The van der Waals surface area contributed by atoms with Gasteiger partial charge in [0.05, 0.1) is 0 Å². The Balaban J connectivity index is 3.76. The van der Waals surface area contributed by atoms with Gasteiger partial charge in [0.25, 0.3) is 0 Å². The predicted molar refractivity (Wildman–Crippen MR) is 46.5 cm³/mol. The maximum atomic E-state index is 11.1. The number of hydrogen-bond acceptors (Lipinski definition) is 1. The van der Waals surface area contributed by atoms with Gasteiger partial charge in [-0.25, -0.2) is 4.79 Å². The average molecular weight is 158 g/mol. The molecule has 0 spiro atoms. The van der Waals surface area contributed by atoms with Gasteiger partial charge in [-0.2, -0.15) is 0 Å². The molecule has 0 saturated heterocycles. The zero-order chi connectivity index (χ0) is 9.02. The summed E-state index contributed by atoms with van der Waals surface area (Å²) in [5.41, 5.74) is 0. The summed E-state index contributed by atoms with van der Waals surface area (Å²) in [6.07, 6.45) is 0. The van der Waals surface area contributed by atoms with Gasteiger partial charge in [-0.3, -0.25) is 0 Å². The van der Waals surface area contributed by atoms with E-state index in [0.29, 0.717) is 5.92 Å². The third-order valence-electron chi connectivity index (χ3n) is 1.76. The second kappa shape index (κ2) is 4.21. The Kier molecular flexibility index (Phi) is 3.93. The van der Waals surface area contributed by atoms with Gasteiger partial charge < -0.3 is 10.2 Å². The molecule has 66 valence electrons. The number of hydrogen-bond donors (Lipinski definition) is 1. The molecule has 3 nitrogen and oxygen atoms in total. The SMILES string of the molecule is CC(C)C(C)NC(=O)N(C)C. The van der Waals surface area contributed by atoms with E-state index in [4.69, 9.17) is 0 Å². The second-order valence-corrected chi connectivity index (χ2v) is 3.38. The number of carbonyl (C=O) groups excluding carboxylic acids is 1. The third-order valence-corrected chi connectivity index (χ3v) is 1.76. The van der Waals surface area contributed by atoms with E-state index in [9.17, 15) is 4.79 Å². The van der Waals surface area contributed by atoms with Gasteiger partial charge in [-0.05, 0) is 12.8 Å². The Labute approximate surface area is 68.8 Å². The number of amides is 2. The summed E-state index contributed by atoms with van der Waals surface area (Å²) >= 11 is 0. The molecule has 2 amide bonds. The van der Waals surface area contributed by atoms with Crippen molar-refractivity contribution in [3.8, 4) is 0 Å². The lowest BCUT2D eigenvalue weighted by molar-refractivity contribution is 0.210. The van der Waals surface area contributed by atoms with E-state index in [1.54, 1.807) is 19.0 Å². The molecule has 0 aromatic carbocycles. The van der Waals surface area contributed by atoms with E-state index in [0.717, 1.165) is 0 Å². The van der Waals surface area contributed by atoms with Gasteiger partial charge in [-0.15, -0.1) is 0 Å². The molecule has 1 N–H and O–H groups in total. The topological polar surface area (TPSA) is 32.3 Å². The molecule has 0 aromatic heterocycles. The van der Waals surface area contributed by atoms with E-state index in [1.807, 2.05) is 6.92 Å². The van der Waals surface area contributed by atoms with Crippen molar-refractivity contribution < 1.29 is 4.79 Å². The molecule has 0 aliphatic rings. The summed E-state index contributed by atoms with van der Waals surface area (Å²) in [7, 11) is 3.48. The van der Waals surface area contributed by atoms with Crippen LogP contribution in [0, 0.1) is 5.92 Å². The molecular formula is C8H18N2O. The lowest BCUT2D eigenvalue weighted by atomic mass is 10.1. The molecule has 0 saturated carbocycles. The minimum Gasteiger partial charge on any atom is -0.335 e.